The van der Waals surface area contributed by atoms with Crippen molar-refractivity contribution in [1.29, 1.82) is 0 Å². The van der Waals surface area contributed by atoms with Crippen molar-refractivity contribution in [3.63, 3.8) is 0 Å². The van der Waals surface area contributed by atoms with Crippen molar-refractivity contribution in [2.75, 3.05) is 33.2 Å². The van der Waals surface area contributed by atoms with Gasteiger partial charge < -0.3 is 10.2 Å². The van der Waals surface area contributed by atoms with Gasteiger partial charge in [-0.1, -0.05) is 0 Å². The van der Waals surface area contributed by atoms with Crippen LogP contribution in [0.1, 0.15) is 0 Å². The van der Waals surface area contributed by atoms with E-state index in [1.807, 2.05) is 0 Å². The van der Waals surface area contributed by atoms with Gasteiger partial charge in [-0.15, -0.1) is 13.1 Å². The SMILES string of the molecule is CN1CC[N-]CC1.[Y]. The van der Waals surface area contributed by atoms with E-state index in [4.69, 9.17) is 0 Å². The topological polar surface area (TPSA) is 17.3 Å². The van der Waals surface area contributed by atoms with Gasteiger partial charge in [0.2, 0.25) is 0 Å². The van der Waals surface area contributed by atoms with Crippen LogP contribution in [0.2, 0.25) is 0 Å². The van der Waals surface area contributed by atoms with Crippen LogP contribution in [0.4, 0.5) is 0 Å². The molecule has 3 heteroatoms. The molecule has 8 heavy (non-hydrogen) atoms. The molecule has 0 amide bonds. The molecule has 0 saturated carbocycles. The maximum Gasteiger partial charge on any atom is 0 e. The summed E-state index contributed by atoms with van der Waals surface area (Å²) in [7, 11) is 2.13. The van der Waals surface area contributed by atoms with Crippen molar-refractivity contribution in [2.45, 2.75) is 0 Å². The molecule has 1 saturated heterocycles. The summed E-state index contributed by atoms with van der Waals surface area (Å²) in [6, 6.07) is 0. The molecule has 0 bridgehead atoms. The first-order valence-electron chi connectivity index (χ1n) is 2.71. The van der Waals surface area contributed by atoms with Crippen LogP contribution in [0.15, 0.2) is 0 Å². The molecule has 45 valence electrons. The van der Waals surface area contributed by atoms with Crippen molar-refractivity contribution in [1.82, 2.24) is 4.90 Å². The third kappa shape index (κ3) is 3.13. The molecule has 0 unspecified atom stereocenters. The van der Waals surface area contributed by atoms with Crippen LogP contribution in [-0.4, -0.2) is 38.1 Å². The maximum absolute atomic E-state index is 4.19. The predicted molar refractivity (Wildman–Crippen MR) is 30.6 cm³/mol. The predicted octanol–water partition coefficient (Wildman–Crippen LogP) is 0.303. The van der Waals surface area contributed by atoms with E-state index in [0.29, 0.717) is 0 Å². The van der Waals surface area contributed by atoms with Crippen LogP contribution in [0, 0.1) is 0 Å². The number of hydrogen-bond acceptors (Lipinski definition) is 1. The molecule has 1 rings (SSSR count). The minimum absolute atomic E-state index is 0. The fraction of sp³-hybridized carbons (Fsp3) is 1.00. The van der Waals surface area contributed by atoms with Crippen molar-refractivity contribution in [3.05, 3.63) is 5.32 Å². The van der Waals surface area contributed by atoms with E-state index in [2.05, 4.69) is 17.3 Å². The normalized spacial score (nSPS) is 22.1. The second-order valence-corrected chi connectivity index (χ2v) is 1.97. The minimum Gasteiger partial charge on any atom is -0.660 e. The van der Waals surface area contributed by atoms with Crippen molar-refractivity contribution >= 4 is 0 Å². The van der Waals surface area contributed by atoms with Gasteiger partial charge in [-0.25, -0.2) is 0 Å². The van der Waals surface area contributed by atoms with Gasteiger partial charge in [-0.05, 0) is 20.1 Å². The number of nitrogens with zero attached hydrogens (tertiary/aromatic N) is 2. The van der Waals surface area contributed by atoms with E-state index in [1.54, 1.807) is 0 Å². The van der Waals surface area contributed by atoms with Gasteiger partial charge >= 0.3 is 0 Å². The van der Waals surface area contributed by atoms with Gasteiger partial charge in [0.1, 0.15) is 0 Å². The Balaban J connectivity index is 0.000000490. The van der Waals surface area contributed by atoms with E-state index in [-0.39, 0.29) is 32.7 Å². The van der Waals surface area contributed by atoms with E-state index in [9.17, 15) is 0 Å². The number of likely N-dealkylation sites (N-methyl/N-ethyl adjacent to an activating group) is 1. The fourth-order valence-electron chi connectivity index (χ4n) is 0.706. The fourth-order valence-corrected chi connectivity index (χ4v) is 0.706. The third-order valence-corrected chi connectivity index (χ3v) is 1.28. The average Bonchev–Trinajstić information content (AvgIpc) is 1.69. The average molecular weight is 188 g/mol. The molecule has 1 radical (unpaired) electrons. The largest absolute Gasteiger partial charge is 0.660 e. The van der Waals surface area contributed by atoms with Gasteiger partial charge in [-0.2, -0.15) is 0 Å². The van der Waals surface area contributed by atoms with Crippen LogP contribution < -0.4 is 0 Å². The molecule has 1 fully saturated rings. The van der Waals surface area contributed by atoms with E-state index in [0.717, 1.165) is 26.2 Å². The Hall–Kier alpha value is 1.02. The summed E-state index contributed by atoms with van der Waals surface area (Å²) in [5.74, 6) is 0. The van der Waals surface area contributed by atoms with E-state index < -0.39 is 0 Å². The summed E-state index contributed by atoms with van der Waals surface area (Å²) in [4.78, 5) is 2.30. The third-order valence-electron chi connectivity index (χ3n) is 1.28. The van der Waals surface area contributed by atoms with Crippen LogP contribution in [0.5, 0.6) is 0 Å². The van der Waals surface area contributed by atoms with Crippen LogP contribution in [0.3, 0.4) is 0 Å². The zero-order valence-corrected chi connectivity index (χ0v) is 8.14. The van der Waals surface area contributed by atoms with Gasteiger partial charge in [0.15, 0.2) is 0 Å². The quantitative estimate of drug-likeness (QED) is 0.534. The molecule has 1 heterocycles. The summed E-state index contributed by atoms with van der Waals surface area (Å²) >= 11 is 0. The number of piperazine rings is 1. The summed E-state index contributed by atoms with van der Waals surface area (Å²) in [5, 5.41) is 4.19. The van der Waals surface area contributed by atoms with Crippen LogP contribution >= 0.6 is 0 Å². The standard InChI is InChI=1S/C5H11N2.Y/c1-7-4-2-6-3-5-7;/h2-5H2,1H3;/q-1;. The summed E-state index contributed by atoms with van der Waals surface area (Å²) in [6.07, 6.45) is 0. The van der Waals surface area contributed by atoms with Crippen molar-refractivity contribution < 1.29 is 32.7 Å². The van der Waals surface area contributed by atoms with E-state index in [1.165, 1.54) is 0 Å². The monoisotopic (exact) mass is 188 g/mol. The first-order chi connectivity index (χ1) is 3.39. The van der Waals surface area contributed by atoms with Gasteiger partial charge in [0.25, 0.3) is 0 Å². The molecule has 2 nitrogen and oxygen atoms in total. The molecule has 0 aromatic carbocycles. The Morgan fingerprint density at radius 1 is 1.25 bits per heavy atom. The molecule has 0 spiro atoms. The molecule has 1 aliphatic rings. The second kappa shape index (κ2) is 4.86. The van der Waals surface area contributed by atoms with E-state index >= 15 is 0 Å². The van der Waals surface area contributed by atoms with Gasteiger partial charge in [0, 0.05) is 32.7 Å². The Morgan fingerprint density at radius 2 is 1.75 bits per heavy atom. The van der Waals surface area contributed by atoms with Gasteiger partial charge in [-0.3, -0.25) is 0 Å². The van der Waals surface area contributed by atoms with Crippen molar-refractivity contribution in [3.8, 4) is 0 Å². The van der Waals surface area contributed by atoms with Crippen LogP contribution in [0.25, 0.3) is 5.32 Å². The zero-order valence-electron chi connectivity index (χ0n) is 5.30. The Labute approximate surface area is 75.9 Å². The molecule has 1 aliphatic heterocycles. The molecule has 0 aromatic rings. The maximum atomic E-state index is 4.19. The Bertz CT molecular complexity index is 52.4. The van der Waals surface area contributed by atoms with Gasteiger partial charge in [0.05, 0.1) is 0 Å². The van der Waals surface area contributed by atoms with Crippen molar-refractivity contribution in [2.24, 2.45) is 0 Å². The molecule has 0 aliphatic carbocycles. The number of hydrogen-bond donors (Lipinski definition) is 0. The Kier molecular flexibility index (Phi) is 5.48. The molecule has 0 atom stereocenters. The summed E-state index contributed by atoms with van der Waals surface area (Å²) in [5.41, 5.74) is 0. The minimum atomic E-state index is 0. The first-order valence-corrected chi connectivity index (χ1v) is 2.71. The molecular formula is C5H11N2Y-. The van der Waals surface area contributed by atoms with Crippen LogP contribution in [-0.2, 0) is 32.7 Å². The first kappa shape index (κ1) is 9.02. The Morgan fingerprint density at radius 3 is 2.00 bits per heavy atom. The zero-order chi connectivity index (χ0) is 5.11. The second-order valence-electron chi connectivity index (χ2n) is 1.97. The summed E-state index contributed by atoms with van der Waals surface area (Å²) < 4.78 is 0. The molecular weight excluding hydrogens is 177 g/mol. The molecule has 0 aromatic heterocycles. The molecule has 0 N–H and O–H groups in total. The number of rotatable bonds is 0. The summed E-state index contributed by atoms with van der Waals surface area (Å²) in [6.45, 7) is 4.38. The smallest absolute Gasteiger partial charge is 0 e.